The summed E-state index contributed by atoms with van der Waals surface area (Å²) in [5, 5.41) is 0. The first kappa shape index (κ1) is 10.8. The van der Waals surface area contributed by atoms with Crippen molar-refractivity contribution in [2.75, 3.05) is 13.7 Å². The minimum Gasteiger partial charge on any atom is -0.501 e. The van der Waals surface area contributed by atoms with Crippen molar-refractivity contribution in [3.05, 3.63) is 41.7 Å². The van der Waals surface area contributed by atoms with Crippen molar-refractivity contribution in [3.63, 3.8) is 0 Å². The summed E-state index contributed by atoms with van der Waals surface area (Å²) >= 11 is 0. The van der Waals surface area contributed by atoms with Crippen LogP contribution in [0, 0.1) is 0 Å². The fourth-order valence-electron chi connectivity index (χ4n) is 1.11. The summed E-state index contributed by atoms with van der Waals surface area (Å²) in [7, 11) is 1.70. The molecule has 76 valence electrons. The second-order valence-electron chi connectivity index (χ2n) is 2.93. The molecule has 0 fully saturated rings. The van der Waals surface area contributed by atoms with Crippen LogP contribution >= 0.6 is 0 Å². The Morgan fingerprint density at radius 2 is 1.93 bits per heavy atom. The molecular formula is C12H16O2. The molecule has 0 radical (unpaired) electrons. The highest BCUT2D eigenvalue weighted by atomic mass is 16.5. The van der Waals surface area contributed by atoms with E-state index in [0.717, 1.165) is 5.56 Å². The molecular weight excluding hydrogens is 176 g/mol. The zero-order valence-electron chi connectivity index (χ0n) is 8.69. The molecule has 0 bridgehead atoms. The second kappa shape index (κ2) is 6.22. The van der Waals surface area contributed by atoms with E-state index in [1.54, 1.807) is 13.4 Å². The van der Waals surface area contributed by atoms with Crippen LogP contribution in [-0.4, -0.2) is 13.7 Å². The van der Waals surface area contributed by atoms with Gasteiger partial charge in [0.05, 0.1) is 19.5 Å². The van der Waals surface area contributed by atoms with Crippen LogP contribution in [0.5, 0.6) is 0 Å². The Balaban J connectivity index is 2.54. The molecule has 0 aliphatic rings. The number of hydrogen-bond acceptors (Lipinski definition) is 2. The Labute approximate surface area is 85.2 Å². The Bertz CT molecular complexity index is 275. The van der Waals surface area contributed by atoms with Crippen LogP contribution in [0.15, 0.2) is 30.5 Å². The van der Waals surface area contributed by atoms with Gasteiger partial charge in [0.2, 0.25) is 0 Å². The van der Waals surface area contributed by atoms with Crippen LogP contribution in [-0.2, 0) is 16.1 Å². The summed E-state index contributed by atoms with van der Waals surface area (Å²) in [6, 6.07) is 8.19. The van der Waals surface area contributed by atoms with Crippen LogP contribution in [0.25, 0.3) is 6.08 Å². The maximum Gasteiger partial charge on any atom is 0.0845 e. The zero-order chi connectivity index (χ0) is 10.2. The standard InChI is InChI=1S/C12H16O2/c1-3-14-9-8-11-4-6-12(7-5-11)10-13-2/h4-9H,3,10H2,1-2H3. The van der Waals surface area contributed by atoms with Gasteiger partial charge in [0.25, 0.3) is 0 Å². The third-order valence-electron chi connectivity index (χ3n) is 1.81. The molecule has 2 heteroatoms. The van der Waals surface area contributed by atoms with E-state index in [-0.39, 0.29) is 0 Å². The van der Waals surface area contributed by atoms with Crippen LogP contribution < -0.4 is 0 Å². The molecule has 0 saturated carbocycles. The predicted molar refractivity (Wildman–Crippen MR) is 57.8 cm³/mol. The molecule has 0 aromatic heterocycles. The van der Waals surface area contributed by atoms with Crippen molar-refractivity contribution < 1.29 is 9.47 Å². The lowest BCUT2D eigenvalue weighted by Crippen LogP contribution is -1.86. The van der Waals surface area contributed by atoms with Crippen molar-refractivity contribution in [2.45, 2.75) is 13.5 Å². The van der Waals surface area contributed by atoms with E-state index in [0.29, 0.717) is 13.2 Å². The van der Waals surface area contributed by atoms with E-state index in [1.807, 2.05) is 25.1 Å². The summed E-state index contributed by atoms with van der Waals surface area (Å²) in [6.45, 7) is 3.33. The molecule has 0 heterocycles. The summed E-state index contributed by atoms with van der Waals surface area (Å²) in [4.78, 5) is 0. The van der Waals surface area contributed by atoms with Crippen LogP contribution in [0.3, 0.4) is 0 Å². The minimum absolute atomic E-state index is 0.662. The summed E-state index contributed by atoms with van der Waals surface area (Å²) in [5.41, 5.74) is 2.32. The normalized spacial score (nSPS) is 10.7. The summed E-state index contributed by atoms with van der Waals surface area (Å²) in [6.07, 6.45) is 3.66. The first-order chi connectivity index (χ1) is 6.86. The van der Waals surface area contributed by atoms with Gasteiger partial charge >= 0.3 is 0 Å². The van der Waals surface area contributed by atoms with Gasteiger partial charge in [-0.05, 0) is 24.1 Å². The van der Waals surface area contributed by atoms with Gasteiger partial charge in [0.15, 0.2) is 0 Å². The van der Waals surface area contributed by atoms with Gasteiger partial charge in [-0.3, -0.25) is 0 Å². The topological polar surface area (TPSA) is 18.5 Å². The maximum absolute atomic E-state index is 5.11. The van der Waals surface area contributed by atoms with Crippen LogP contribution in [0.2, 0.25) is 0 Å². The summed E-state index contributed by atoms with van der Waals surface area (Å²) < 4.78 is 10.1. The van der Waals surface area contributed by atoms with Gasteiger partial charge < -0.3 is 9.47 Å². The molecule has 0 saturated heterocycles. The molecule has 0 atom stereocenters. The second-order valence-corrected chi connectivity index (χ2v) is 2.93. The Morgan fingerprint density at radius 1 is 1.21 bits per heavy atom. The van der Waals surface area contributed by atoms with E-state index < -0.39 is 0 Å². The zero-order valence-corrected chi connectivity index (χ0v) is 8.69. The van der Waals surface area contributed by atoms with Crippen molar-refractivity contribution in [1.82, 2.24) is 0 Å². The molecule has 0 amide bonds. The van der Waals surface area contributed by atoms with Crippen LogP contribution in [0.1, 0.15) is 18.1 Å². The molecule has 2 nitrogen and oxygen atoms in total. The largest absolute Gasteiger partial charge is 0.501 e. The Kier molecular flexibility index (Phi) is 4.79. The number of benzene rings is 1. The van der Waals surface area contributed by atoms with Gasteiger partial charge in [0.1, 0.15) is 0 Å². The van der Waals surface area contributed by atoms with E-state index in [1.165, 1.54) is 5.56 Å². The third kappa shape index (κ3) is 3.62. The number of rotatable bonds is 5. The highest BCUT2D eigenvalue weighted by Gasteiger charge is 1.90. The van der Waals surface area contributed by atoms with E-state index in [4.69, 9.17) is 9.47 Å². The van der Waals surface area contributed by atoms with Crippen molar-refractivity contribution in [1.29, 1.82) is 0 Å². The fourth-order valence-corrected chi connectivity index (χ4v) is 1.11. The summed E-state index contributed by atoms with van der Waals surface area (Å²) in [5.74, 6) is 0. The first-order valence-corrected chi connectivity index (χ1v) is 4.73. The lowest BCUT2D eigenvalue weighted by Gasteiger charge is -1.99. The molecule has 0 unspecified atom stereocenters. The monoisotopic (exact) mass is 192 g/mol. The van der Waals surface area contributed by atoms with Crippen molar-refractivity contribution in [2.24, 2.45) is 0 Å². The molecule has 0 aliphatic carbocycles. The molecule has 0 aliphatic heterocycles. The molecule has 0 spiro atoms. The van der Waals surface area contributed by atoms with Gasteiger partial charge in [-0.2, -0.15) is 0 Å². The Morgan fingerprint density at radius 3 is 2.50 bits per heavy atom. The number of hydrogen-bond donors (Lipinski definition) is 0. The van der Waals surface area contributed by atoms with Gasteiger partial charge in [0, 0.05) is 7.11 Å². The average Bonchev–Trinajstić information content (AvgIpc) is 2.21. The van der Waals surface area contributed by atoms with E-state index in [9.17, 15) is 0 Å². The van der Waals surface area contributed by atoms with Crippen molar-refractivity contribution in [3.8, 4) is 0 Å². The molecule has 1 rings (SSSR count). The highest BCUT2D eigenvalue weighted by molar-refractivity contribution is 5.48. The molecule has 1 aromatic rings. The first-order valence-electron chi connectivity index (χ1n) is 4.73. The van der Waals surface area contributed by atoms with Gasteiger partial charge in [-0.1, -0.05) is 24.3 Å². The quantitative estimate of drug-likeness (QED) is 0.668. The predicted octanol–water partition coefficient (Wildman–Crippen LogP) is 2.84. The highest BCUT2D eigenvalue weighted by Crippen LogP contribution is 2.06. The maximum atomic E-state index is 5.11. The van der Waals surface area contributed by atoms with E-state index in [2.05, 4.69) is 12.1 Å². The van der Waals surface area contributed by atoms with Crippen molar-refractivity contribution >= 4 is 6.08 Å². The smallest absolute Gasteiger partial charge is 0.0845 e. The third-order valence-corrected chi connectivity index (χ3v) is 1.81. The lowest BCUT2D eigenvalue weighted by atomic mass is 10.1. The fraction of sp³-hybridized carbons (Fsp3) is 0.333. The van der Waals surface area contributed by atoms with Gasteiger partial charge in [-0.25, -0.2) is 0 Å². The molecule has 1 aromatic carbocycles. The van der Waals surface area contributed by atoms with E-state index >= 15 is 0 Å². The lowest BCUT2D eigenvalue weighted by molar-refractivity contribution is 0.185. The number of methoxy groups -OCH3 is 1. The number of ether oxygens (including phenoxy) is 2. The average molecular weight is 192 g/mol. The molecule has 0 N–H and O–H groups in total. The van der Waals surface area contributed by atoms with Crippen LogP contribution in [0.4, 0.5) is 0 Å². The van der Waals surface area contributed by atoms with Gasteiger partial charge in [-0.15, -0.1) is 0 Å². The Hall–Kier alpha value is -1.28. The SMILES string of the molecule is CCOC=Cc1ccc(COC)cc1. The molecule has 14 heavy (non-hydrogen) atoms. The minimum atomic E-state index is 0.662.